The third-order valence-corrected chi connectivity index (χ3v) is 13.5. The lowest BCUT2D eigenvalue weighted by Gasteiger charge is -2.35. The summed E-state index contributed by atoms with van der Waals surface area (Å²) in [6.45, 7) is 4.74. The van der Waals surface area contributed by atoms with Crippen LogP contribution in [-0.2, 0) is 10.8 Å². The molecule has 10 aromatic rings. The van der Waals surface area contributed by atoms with Crippen LogP contribution in [0.25, 0.3) is 49.7 Å². The van der Waals surface area contributed by atoms with Crippen LogP contribution in [0.3, 0.4) is 0 Å². The molecule has 0 bridgehead atoms. The van der Waals surface area contributed by atoms with E-state index in [4.69, 9.17) is 0 Å². The minimum Gasteiger partial charge on any atom is -0.310 e. The molecule has 284 valence electrons. The molecule has 0 aliphatic heterocycles. The highest BCUT2D eigenvalue weighted by atomic mass is 15.1. The Hall–Kier alpha value is -7.42. The lowest BCUT2D eigenvalue weighted by atomic mass is 9.67. The molecule has 0 spiro atoms. The Labute approximate surface area is 351 Å². The van der Waals surface area contributed by atoms with E-state index in [0.717, 1.165) is 17.1 Å². The maximum absolute atomic E-state index is 2.54. The highest BCUT2D eigenvalue weighted by Gasteiger charge is 2.46. The number of hydrogen-bond acceptors (Lipinski definition) is 1. The molecular formula is C58H42N2. The number of fused-ring (bicyclic) bond motifs is 9. The fourth-order valence-corrected chi connectivity index (χ4v) is 10.9. The molecule has 0 saturated carbocycles. The van der Waals surface area contributed by atoms with Crippen LogP contribution < -0.4 is 4.90 Å². The van der Waals surface area contributed by atoms with E-state index in [9.17, 15) is 0 Å². The fourth-order valence-electron chi connectivity index (χ4n) is 10.9. The van der Waals surface area contributed by atoms with Gasteiger partial charge in [-0.2, -0.15) is 0 Å². The average Bonchev–Trinajstić information content (AvgIpc) is 3.89. The van der Waals surface area contributed by atoms with Crippen molar-refractivity contribution >= 4 is 38.9 Å². The zero-order valence-corrected chi connectivity index (χ0v) is 33.7. The first kappa shape index (κ1) is 34.6. The molecule has 60 heavy (non-hydrogen) atoms. The zero-order valence-electron chi connectivity index (χ0n) is 33.7. The Bertz CT molecular complexity index is 3240. The molecule has 2 heteroatoms. The maximum Gasteiger partial charge on any atom is 0.0714 e. The van der Waals surface area contributed by atoms with Crippen molar-refractivity contribution in [2.24, 2.45) is 0 Å². The van der Waals surface area contributed by atoms with E-state index in [2.05, 4.69) is 242 Å². The number of anilines is 3. The lowest BCUT2D eigenvalue weighted by molar-refractivity contribution is 0.660. The quantitative estimate of drug-likeness (QED) is 0.164. The van der Waals surface area contributed by atoms with Crippen molar-refractivity contribution in [3.05, 3.63) is 252 Å². The summed E-state index contributed by atoms with van der Waals surface area (Å²) in [7, 11) is 0. The van der Waals surface area contributed by atoms with E-state index in [0.29, 0.717) is 0 Å². The van der Waals surface area contributed by atoms with E-state index in [1.165, 1.54) is 83.1 Å². The van der Waals surface area contributed by atoms with Gasteiger partial charge in [-0.25, -0.2) is 0 Å². The third kappa shape index (κ3) is 4.76. The highest BCUT2D eigenvalue weighted by Crippen LogP contribution is 2.59. The van der Waals surface area contributed by atoms with Crippen molar-refractivity contribution in [1.29, 1.82) is 0 Å². The lowest BCUT2D eigenvalue weighted by Crippen LogP contribution is -2.28. The van der Waals surface area contributed by atoms with E-state index >= 15 is 0 Å². The van der Waals surface area contributed by atoms with Gasteiger partial charge in [-0.15, -0.1) is 0 Å². The van der Waals surface area contributed by atoms with Crippen LogP contribution >= 0.6 is 0 Å². The summed E-state index contributed by atoms with van der Waals surface area (Å²) in [4.78, 5) is 2.54. The largest absolute Gasteiger partial charge is 0.310 e. The normalized spacial score (nSPS) is 14.1. The second-order valence-corrected chi connectivity index (χ2v) is 16.9. The number of aromatic nitrogens is 1. The molecule has 0 radical (unpaired) electrons. The van der Waals surface area contributed by atoms with Crippen molar-refractivity contribution in [3.63, 3.8) is 0 Å². The summed E-state index contributed by atoms with van der Waals surface area (Å²) in [5.74, 6) is 0. The minimum atomic E-state index is -0.517. The van der Waals surface area contributed by atoms with Gasteiger partial charge >= 0.3 is 0 Å². The molecule has 2 aliphatic rings. The first-order valence-electron chi connectivity index (χ1n) is 21.0. The van der Waals surface area contributed by atoms with Gasteiger partial charge in [-0.3, -0.25) is 0 Å². The van der Waals surface area contributed by atoms with Crippen LogP contribution in [0.15, 0.2) is 218 Å². The standard InChI is InChI=1S/C58H42N2/c1-57(2)49-28-15-13-27-47(49)56-51(57)30-18-32-55(56)59(42-34-36-54-48(37-42)46-26-14-17-31-53(46)60(54)41-23-10-5-11-24-41)43-33-35-45-44-25-12-16-29-50(44)58(52(45)38-43,39-19-6-3-7-20-39)40-21-8-4-9-22-40/h3-38H,1-2H3. The summed E-state index contributed by atoms with van der Waals surface area (Å²) in [5.41, 5.74) is 19.3. The van der Waals surface area contributed by atoms with Crippen LogP contribution in [0.4, 0.5) is 17.1 Å². The molecule has 0 saturated heterocycles. The Kier molecular flexibility index (Phi) is 7.52. The number of para-hydroxylation sites is 2. The Balaban J connectivity index is 1.17. The van der Waals surface area contributed by atoms with Gasteiger partial charge in [-0.05, 0) is 105 Å². The third-order valence-electron chi connectivity index (χ3n) is 13.5. The highest BCUT2D eigenvalue weighted by molar-refractivity contribution is 6.11. The molecule has 2 nitrogen and oxygen atoms in total. The van der Waals surface area contributed by atoms with Crippen LogP contribution in [0, 0.1) is 0 Å². The van der Waals surface area contributed by atoms with Crippen LogP contribution in [0.1, 0.15) is 47.2 Å². The average molecular weight is 767 g/mol. The number of benzene rings is 9. The summed E-state index contributed by atoms with van der Waals surface area (Å²) < 4.78 is 2.40. The molecule has 12 rings (SSSR count). The summed E-state index contributed by atoms with van der Waals surface area (Å²) >= 11 is 0. The van der Waals surface area contributed by atoms with Crippen molar-refractivity contribution in [2.75, 3.05) is 4.90 Å². The molecule has 9 aromatic carbocycles. The van der Waals surface area contributed by atoms with Gasteiger partial charge in [0.05, 0.1) is 22.1 Å². The van der Waals surface area contributed by atoms with Gasteiger partial charge < -0.3 is 9.47 Å². The van der Waals surface area contributed by atoms with Gasteiger partial charge in [-0.1, -0.05) is 178 Å². The van der Waals surface area contributed by atoms with Gasteiger partial charge in [0.1, 0.15) is 0 Å². The molecule has 0 atom stereocenters. The van der Waals surface area contributed by atoms with Crippen LogP contribution in [0.5, 0.6) is 0 Å². The number of hydrogen-bond donors (Lipinski definition) is 0. The fraction of sp³-hybridized carbons (Fsp3) is 0.0690. The smallest absolute Gasteiger partial charge is 0.0714 e. The van der Waals surface area contributed by atoms with E-state index in [1.807, 2.05) is 0 Å². The first-order chi connectivity index (χ1) is 29.5. The van der Waals surface area contributed by atoms with E-state index in [-0.39, 0.29) is 5.41 Å². The van der Waals surface area contributed by atoms with Crippen molar-refractivity contribution in [3.8, 4) is 27.9 Å². The SMILES string of the molecule is CC1(C)c2ccccc2-c2c(N(c3ccc4c(c3)C(c3ccccc3)(c3ccccc3)c3ccccc3-4)c3ccc4c(c3)c3ccccc3n4-c3ccccc3)cccc21. The number of rotatable bonds is 6. The minimum absolute atomic E-state index is 0.143. The van der Waals surface area contributed by atoms with Gasteiger partial charge in [0.25, 0.3) is 0 Å². The van der Waals surface area contributed by atoms with Gasteiger partial charge in [0, 0.05) is 38.8 Å². The second-order valence-electron chi connectivity index (χ2n) is 16.9. The molecule has 1 heterocycles. The van der Waals surface area contributed by atoms with Crippen molar-refractivity contribution in [2.45, 2.75) is 24.7 Å². The zero-order chi connectivity index (χ0) is 40.0. The summed E-state index contributed by atoms with van der Waals surface area (Å²) in [5, 5.41) is 2.46. The molecule has 0 N–H and O–H groups in total. The van der Waals surface area contributed by atoms with Crippen LogP contribution in [0.2, 0.25) is 0 Å². The number of nitrogens with zero attached hydrogens (tertiary/aromatic N) is 2. The monoisotopic (exact) mass is 766 g/mol. The predicted molar refractivity (Wildman–Crippen MR) is 250 cm³/mol. The topological polar surface area (TPSA) is 8.17 Å². The van der Waals surface area contributed by atoms with Crippen LogP contribution in [-0.4, -0.2) is 4.57 Å². The molecule has 0 unspecified atom stereocenters. The Morgan fingerprint density at radius 1 is 0.383 bits per heavy atom. The second kappa shape index (κ2) is 13.0. The summed E-state index contributed by atoms with van der Waals surface area (Å²) in [6.07, 6.45) is 0. The van der Waals surface area contributed by atoms with E-state index in [1.54, 1.807) is 0 Å². The molecule has 2 aliphatic carbocycles. The Morgan fingerprint density at radius 3 is 1.68 bits per heavy atom. The van der Waals surface area contributed by atoms with Crippen molar-refractivity contribution < 1.29 is 0 Å². The first-order valence-corrected chi connectivity index (χ1v) is 21.0. The Morgan fingerprint density at radius 2 is 0.933 bits per heavy atom. The summed E-state index contributed by atoms with van der Waals surface area (Å²) in [6, 6.07) is 81.1. The predicted octanol–water partition coefficient (Wildman–Crippen LogP) is 14.9. The van der Waals surface area contributed by atoms with Gasteiger partial charge in [0.15, 0.2) is 0 Å². The molecule has 1 aromatic heterocycles. The van der Waals surface area contributed by atoms with Gasteiger partial charge in [0.2, 0.25) is 0 Å². The molecular weight excluding hydrogens is 725 g/mol. The molecule has 0 amide bonds. The molecule has 0 fully saturated rings. The van der Waals surface area contributed by atoms with Crippen molar-refractivity contribution in [1.82, 2.24) is 4.57 Å². The van der Waals surface area contributed by atoms with E-state index < -0.39 is 5.41 Å². The maximum atomic E-state index is 2.54.